The van der Waals surface area contributed by atoms with Crippen molar-refractivity contribution in [2.75, 3.05) is 0 Å². The summed E-state index contributed by atoms with van der Waals surface area (Å²) >= 11 is 1.66. The number of amides is 1. The fourth-order valence-electron chi connectivity index (χ4n) is 1.71. The molecule has 0 aromatic carbocycles. The summed E-state index contributed by atoms with van der Waals surface area (Å²) in [7, 11) is 0. The Morgan fingerprint density at radius 3 is 2.65 bits per heavy atom. The van der Waals surface area contributed by atoms with Crippen LogP contribution in [0.4, 0.5) is 0 Å². The highest BCUT2D eigenvalue weighted by atomic mass is 32.1. The van der Waals surface area contributed by atoms with Crippen LogP contribution in [0.5, 0.6) is 0 Å². The van der Waals surface area contributed by atoms with E-state index in [-0.39, 0.29) is 11.9 Å². The van der Waals surface area contributed by atoms with Crippen LogP contribution in [0.3, 0.4) is 0 Å². The minimum absolute atomic E-state index is 0.0846. The summed E-state index contributed by atoms with van der Waals surface area (Å²) in [5.74, 6) is 0.0846. The van der Waals surface area contributed by atoms with E-state index in [0.717, 1.165) is 30.6 Å². The van der Waals surface area contributed by atoms with E-state index >= 15 is 0 Å². The van der Waals surface area contributed by atoms with Gasteiger partial charge in [0.2, 0.25) is 0 Å². The third-order valence-electron chi connectivity index (χ3n) is 2.97. The second-order valence-corrected chi connectivity index (χ2v) is 5.58. The molecule has 0 aliphatic carbocycles. The molecular formula is C14H23NOS. The molecule has 1 rings (SSSR count). The second-order valence-electron chi connectivity index (χ2n) is 4.45. The van der Waals surface area contributed by atoms with Gasteiger partial charge in [0.25, 0.3) is 5.91 Å². The molecule has 0 aliphatic rings. The average Bonchev–Trinajstić information content (AvgIpc) is 2.72. The lowest BCUT2D eigenvalue weighted by atomic mass is 10.1. The molecule has 1 unspecified atom stereocenters. The number of aryl methyl sites for hydroxylation is 2. The third-order valence-corrected chi connectivity index (χ3v) is 4.20. The smallest absolute Gasteiger partial charge is 0.261 e. The van der Waals surface area contributed by atoms with Crippen molar-refractivity contribution >= 4 is 17.2 Å². The van der Waals surface area contributed by atoms with Gasteiger partial charge in [-0.15, -0.1) is 11.3 Å². The number of carbonyl (C=O) groups excluding carboxylic acids is 1. The van der Waals surface area contributed by atoms with Gasteiger partial charge in [0.15, 0.2) is 0 Å². The zero-order valence-corrected chi connectivity index (χ0v) is 12.1. The Balaban J connectivity index is 2.80. The van der Waals surface area contributed by atoms with E-state index in [9.17, 15) is 4.79 Å². The van der Waals surface area contributed by atoms with Crippen LogP contribution in [0, 0.1) is 0 Å². The van der Waals surface area contributed by atoms with E-state index in [0.29, 0.717) is 0 Å². The van der Waals surface area contributed by atoms with Crippen molar-refractivity contribution in [2.24, 2.45) is 0 Å². The average molecular weight is 253 g/mol. The summed E-state index contributed by atoms with van der Waals surface area (Å²) in [4.78, 5) is 14.2. The van der Waals surface area contributed by atoms with E-state index < -0.39 is 0 Å². The number of nitrogens with one attached hydrogen (secondary N) is 1. The van der Waals surface area contributed by atoms with Crippen LogP contribution >= 0.6 is 11.3 Å². The van der Waals surface area contributed by atoms with Gasteiger partial charge in [0, 0.05) is 10.9 Å². The first-order valence-corrected chi connectivity index (χ1v) is 7.36. The van der Waals surface area contributed by atoms with E-state index in [1.54, 1.807) is 11.3 Å². The molecule has 0 spiro atoms. The van der Waals surface area contributed by atoms with Crippen LogP contribution in [-0.4, -0.2) is 11.9 Å². The fourth-order valence-corrected chi connectivity index (χ4v) is 2.97. The summed E-state index contributed by atoms with van der Waals surface area (Å²) in [6, 6.07) is 2.32. The lowest BCUT2D eigenvalue weighted by molar-refractivity contribution is 0.0943. The van der Waals surface area contributed by atoms with Crippen LogP contribution in [0.1, 0.15) is 60.6 Å². The first-order valence-electron chi connectivity index (χ1n) is 6.54. The lowest BCUT2D eigenvalue weighted by Gasteiger charge is -2.09. The Labute approximate surface area is 108 Å². The molecule has 0 radical (unpaired) electrons. The molecule has 17 heavy (non-hydrogen) atoms. The normalized spacial score (nSPS) is 12.5. The minimum atomic E-state index is 0.0846. The van der Waals surface area contributed by atoms with Gasteiger partial charge in [0.05, 0.1) is 4.88 Å². The Kier molecular flexibility index (Phi) is 5.69. The van der Waals surface area contributed by atoms with Crippen molar-refractivity contribution in [2.45, 2.75) is 59.4 Å². The third kappa shape index (κ3) is 3.84. The number of thiophene rings is 1. The number of hydrogen-bond donors (Lipinski definition) is 1. The summed E-state index contributed by atoms with van der Waals surface area (Å²) in [6.07, 6.45) is 4.21. The molecule has 1 atom stereocenters. The molecular weight excluding hydrogens is 230 g/mol. The van der Waals surface area contributed by atoms with Gasteiger partial charge in [-0.05, 0) is 37.8 Å². The van der Waals surface area contributed by atoms with Crippen LogP contribution in [0.15, 0.2) is 6.07 Å². The Bertz CT molecular complexity index is 370. The summed E-state index contributed by atoms with van der Waals surface area (Å²) < 4.78 is 0. The van der Waals surface area contributed by atoms with Crippen molar-refractivity contribution in [3.8, 4) is 0 Å². The summed E-state index contributed by atoms with van der Waals surface area (Å²) in [5.41, 5.74) is 1.34. The van der Waals surface area contributed by atoms with Crippen molar-refractivity contribution in [1.82, 2.24) is 5.32 Å². The fraction of sp³-hybridized carbons (Fsp3) is 0.643. The Morgan fingerprint density at radius 2 is 2.12 bits per heavy atom. The topological polar surface area (TPSA) is 29.1 Å². The largest absolute Gasteiger partial charge is 0.349 e. The second kappa shape index (κ2) is 6.80. The molecule has 1 amide bonds. The maximum absolute atomic E-state index is 12.0. The molecule has 0 aliphatic heterocycles. The van der Waals surface area contributed by atoms with Gasteiger partial charge in [0.1, 0.15) is 0 Å². The zero-order chi connectivity index (χ0) is 12.8. The van der Waals surface area contributed by atoms with Crippen molar-refractivity contribution < 1.29 is 4.79 Å². The number of hydrogen-bond acceptors (Lipinski definition) is 2. The molecule has 3 heteroatoms. The van der Waals surface area contributed by atoms with Gasteiger partial charge in [-0.1, -0.05) is 27.2 Å². The Hall–Kier alpha value is -0.830. The van der Waals surface area contributed by atoms with Gasteiger partial charge >= 0.3 is 0 Å². The maximum atomic E-state index is 12.0. The van der Waals surface area contributed by atoms with Gasteiger partial charge in [-0.3, -0.25) is 4.79 Å². The molecule has 96 valence electrons. The molecule has 1 heterocycles. The molecule has 0 fully saturated rings. The molecule has 2 nitrogen and oxygen atoms in total. The molecule has 1 aromatic rings. The van der Waals surface area contributed by atoms with Crippen LogP contribution in [0.2, 0.25) is 0 Å². The molecule has 0 bridgehead atoms. The first kappa shape index (κ1) is 14.2. The maximum Gasteiger partial charge on any atom is 0.261 e. The first-order chi connectivity index (χ1) is 8.12. The molecule has 0 saturated heterocycles. The van der Waals surface area contributed by atoms with Crippen LogP contribution in [-0.2, 0) is 12.8 Å². The predicted molar refractivity (Wildman–Crippen MR) is 74.9 cm³/mol. The quantitative estimate of drug-likeness (QED) is 0.821. The van der Waals surface area contributed by atoms with Crippen molar-refractivity contribution in [3.63, 3.8) is 0 Å². The predicted octanol–water partition coefficient (Wildman–Crippen LogP) is 3.79. The van der Waals surface area contributed by atoms with Crippen molar-refractivity contribution in [3.05, 3.63) is 21.4 Å². The molecule has 0 saturated carbocycles. The van der Waals surface area contributed by atoms with Gasteiger partial charge in [-0.2, -0.15) is 0 Å². The van der Waals surface area contributed by atoms with Crippen LogP contribution < -0.4 is 5.32 Å². The van der Waals surface area contributed by atoms with Crippen LogP contribution in [0.25, 0.3) is 0 Å². The molecule has 1 N–H and O–H groups in total. The zero-order valence-electron chi connectivity index (χ0n) is 11.3. The van der Waals surface area contributed by atoms with Gasteiger partial charge in [-0.25, -0.2) is 0 Å². The number of rotatable bonds is 6. The Morgan fingerprint density at radius 1 is 1.41 bits per heavy atom. The van der Waals surface area contributed by atoms with Crippen molar-refractivity contribution in [1.29, 1.82) is 0 Å². The number of carbonyl (C=O) groups is 1. The van der Waals surface area contributed by atoms with E-state index in [1.807, 2.05) is 6.92 Å². The summed E-state index contributed by atoms with van der Waals surface area (Å²) in [5, 5.41) is 3.02. The highest BCUT2D eigenvalue weighted by Gasteiger charge is 2.14. The molecule has 1 aromatic heterocycles. The lowest BCUT2D eigenvalue weighted by Crippen LogP contribution is -2.31. The van der Waals surface area contributed by atoms with E-state index in [1.165, 1.54) is 10.4 Å². The van der Waals surface area contributed by atoms with E-state index in [4.69, 9.17) is 0 Å². The highest BCUT2D eigenvalue weighted by Crippen LogP contribution is 2.24. The van der Waals surface area contributed by atoms with E-state index in [2.05, 4.69) is 32.2 Å². The highest BCUT2D eigenvalue weighted by molar-refractivity contribution is 7.14. The standard InChI is InChI=1S/C14H23NOS/c1-5-8-12-11(7-3)9-13(17-12)14(16)15-10(4)6-2/h9-10H,5-8H2,1-4H3,(H,15,16). The monoisotopic (exact) mass is 253 g/mol. The summed E-state index contributed by atoms with van der Waals surface area (Å²) in [6.45, 7) is 8.45. The minimum Gasteiger partial charge on any atom is -0.349 e. The SMILES string of the molecule is CCCc1sc(C(=O)NC(C)CC)cc1CC. The van der Waals surface area contributed by atoms with Gasteiger partial charge < -0.3 is 5.32 Å².